The molecule has 0 amide bonds. The van der Waals surface area contributed by atoms with Crippen molar-refractivity contribution in [3.63, 3.8) is 0 Å². The quantitative estimate of drug-likeness (QED) is 0.277. The van der Waals surface area contributed by atoms with Crippen molar-refractivity contribution in [2.45, 2.75) is 103 Å². The molecule has 0 spiro atoms. The highest BCUT2D eigenvalue weighted by Crippen LogP contribution is 2.13. The largest absolute Gasteiger partial charge is 0.396 e. The molecule has 1 nitrogen and oxygen atoms in total. The SMILES string of the molecule is C#CCCCCCCCCCCCCCCCCCO. The lowest BCUT2D eigenvalue weighted by atomic mass is 10.0. The van der Waals surface area contributed by atoms with E-state index in [9.17, 15) is 0 Å². The second kappa shape index (κ2) is 18.5. The number of unbranched alkanes of at least 4 members (excludes halogenated alkanes) is 15. The molecule has 0 aromatic heterocycles. The fourth-order valence-electron chi connectivity index (χ4n) is 2.64. The van der Waals surface area contributed by atoms with Crippen molar-refractivity contribution in [1.82, 2.24) is 0 Å². The Morgan fingerprint density at radius 1 is 0.500 bits per heavy atom. The normalized spacial score (nSPS) is 10.6. The highest BCUT2D eigenvalue weighted by atomic mass is 16.2. The summed E-state index contributed by atoms with van der Waals surface area (Å²) in [6, 6.07) is 0. The molecule has 118 valence electrons. The molecule has 0 aliphatic carbocycles. The van der Waals surface area contributed by atoms with E-state index in [2.05, 4.69) is 5.92 Å². The van der Waals surface area contributed by atoms with Crippen LogP contribution in [0.1, 0.15) is 103 Å². The molecule has 0 aromatic carbocycles. The van der Waals surface area contributed by atoms with E-state index in [-0.39, 0.29) is 0 Å². The number of hydrogen-bond donors (Lipinski definition) is 1. The van der Waals surface area contributed by atoms with Gasteiger partial charge < -0.3 is 5.11 Å². The van der Waals surface area contributed by atoms with Crippen molar-refractivity contribution < 1.29 is 5.11 Å². The summed E-state index contributed by atoms with van der Waals surface area (Å²) in [6.45, 7) is 0.365. The van der Waals surface area contributed by atoms with E-state index in [1.165, 1.54) is 89.9 Å². The maximum Gasteiger partial charge on any atom is 0.0431 e. The number of hydrogen-bond acceptors (Lipinski definition) is 1. The zero-order valence-electron chi connectivity index (χ0n) is 13.5. The first-order valence-corrected chi connectivity index (χ1v) is 8.96. The van der Waals surface area contributed by atoms with Crippen LogP contribution >= 0.6 is 0 Å². The lowest BCUT2D eigenvalue weighted by Gasteiger charge is -2.03. The van der Waals surface area contributed by atoms with Crippen LogP contribution < -0.4 is 0 Å². The van der Waals surface area contributed by atoms with E-state index >= 15 is 0 Å². The molecule has 20 heavy (non-hydrogen) atoms. The molecule has 0 atom stereocenters. The minimum absolute atomic E-state index is 0.365. The fraction of sp³-hybridized carbons (Fsp3) is 0.895. The first kappa shape index (κ1) is 19.5. The van der Waals surface area contributed by atoms with Crippen molar-refractivity contribution in [1.29, 1.82) is 0 Å². The van der Waals surface area contributed by atoms with Gasteiger partial charge in [-0.1, -0.05) is 83.5 Å². The van der Waals surface area contributed by atoms with Crippen LogP contribution in [0.15, 0.2) is 0 Å². The fourth-order valence-corrected chi connectivity index (χ4v) is 2.64. The molecule has 0 aliphatic heterocycles. The highest BCUT2D eigenvalue weighted by Gasteiger charge is 1.94. The third-order valence-corrected chi connectivity index (χ3v) is 3.98. The molecule has 0 aromatic rings. The first-order valence-electron chi connectivity index (χ1n) is 8.96. The zero-order chi connectivity index (χ0) is 14.7. The van der Waals surface area contributed by atoms with Gasteiger partial charge in [0, 0.05) is 13.0 Å². The summed E-state index contributed by atoms with van der Waals surface area (Å²) in [5, 5.41) is 8.67. The Kier molecular flexibility index (Phi) is 18.1. The lowest BCUT2D eigenvalue weighted by molar-refractivity contribution is 0.282. The second-order valence-corrected chi connectivity index (χ2v) is 5.98. The standard InChI is InChI=1S/C19H36O/c1-2-3-4-5-6-7-8-9-10-11-12-13-14-15-16-17-18-19-20/h1,20H,3-19H2. The number of aliphatic hydroxyl groups is 1. The van der Waals surface area contributed by atoms with Gasteiger partial charge in [0.05, 0.1) is 0 Å². The summed E-state index contributed by atoms with van der Waals surface area (Å²) < 4.78 is 0. The Hall–Kier alpha value is -0.480. The molecule has 1 heteroatoms. The van der Waals surface area contributed by atoms with Crippen LogP contribution in [0.25, 0.3) is 0 Å². The maximum absolute atomic E-state index is 8.67. The Morgan fingerprint density at radius 3 is 1.10 bits per heavy atom. The minimum Gasteiger partial charge on any atom is -0.396 e. The van der Waals surface area contributed by atoms with Crippen molar-refractivity contribution in [3.05, 3.63) is 0 Å². The molecule has 0 rings (SSSR count). The van der Waals surface area contributed by atoms with Crippen molar-refractivity contribution in [2.24, 2.45) is 0 Å². The van der Waals surface area contributed by atoms with E-state index in [1.54, 1.807) is 0 Å². The lowest BCUT2D eigenvalue weighted by Crippen LogP contribution is -1.85. The van der Waals surface area contributed by atoms with Gasteiger partial charge in [0.1, 0.15) is 0 Å². The summed E-state index contributed by atoms with van der Waals surface area (Å²) in [5.74, 6) is 2.71. The molecule has 0 saturated carbocycles. The van der Waals surface area contributed by atoms with Crippen molar-refractivity contribution in [2.75, 3.05) is 6.61 Å². The summed E-state index contributed by atoms with van der Waals surface area (Å²) in [5.41, 5.74) is 0. The van der Waals surface area contributed by atoms with Crippen LogP contribution in [-0.2, 0) is 0 Å². The predicted octanol–water partition coefficient (Wildman–Crippen LogP) is 5.85. The van der Waals surface area contributed by atoms with Gasteiger partial charge in [0.15, 0.2) is 0 Å². The van der Waals surface area contributed by atoms with E-state index in [0.29, 0.717) is 6.61 Å². The summed E-state index contributed by atoms with van der Waals surface area (Å²) in [7, 11) is 0. The highest BCUT2D eigenvalue weighted by molar-refractivity contribution is 4.82. The molecule has 0 unspecified atom stereocenters. The Labute approximate surface area is 127 Å². The third-order valence-electron chi connectivity index (χ3n) is 3.98. The molecule has 0 fully saturated rings. The van der Waals surface area contributed by atoms with Crippen LogP contribution in [0.2, 0.25) is 0 Å². The third kappa shape index (κ3) is 17.5. The van der Waals surface area contributed by atoms with Gasteiger partial charge in [0.25, 0.3) is 0 Å². The number of rotatable bonds is 16. The van der Waals surface area contributed by atoms with Gasteiger partial charge in [-0.15, -0.1) is 12.3 Å². The Balaban J connectivity index is 2.91. The zero-order valence-corrected chi connectivity index (χ0v) is 13.5. The van der Waals surface area contributed by atoms with Crippen LogP contribution in [0.5, 0.6) is 0 Å². The van der Waals surface area contributed by atoms with E-state index < -0.39 is 0 Å². The van der Waals surface area contributed by atoms with Gasteiger partial charge in [0.2, 0.25) is 0 Å². The van der Waals surface area contributed by atoms with Crippen LogP contribution in [-0.4, -0.2) is 11.7 Å². The topological polar surface area (TPSA) is 20.2 Å². The molecular weight excluding hydrogens is 244 g/mol. The van der Waals surface area contributed by atoms with Crippen LogP contribution in [0, 0.1) is 12.3 Å². The number of terminal acetylenes is 1. The Morgan fingerprint density at radius 2 is 0.800 bits per heavy atom. The molecular formula is C19H36O. The van der Waals surface area contributed by atoms with Gasteiger partial charge in [-0.3, -0.25) is 0 Å². The molecule has 1 N–H and O–H groups in total. The first-order chi connectivity index (χ1) is 9.91. The maximum atomic E-state index is 8.67. The minimum atomic E-state index is 0.365. The summed E-state index contributed by atoms with van der Waals surface area (Å²) in [6.07, 6.45) is 26.3. The predicted molar refractivity (Wildman–Crippen MR) is 89.8 cm³/mol. The molecule has 0 radical (unpaired) electrons. The Bertz CT molecular complexity index is 204. The molecule has 0 aliphatic rings. The summed E-state index contributed by atoms with van der Waals surface area (Å²) >= 11 is 0. The van der Waals surface area contributed by atoms with E-state index in [1.807, 2.05) is 0 Å². The van der Waals surface area contributed by atoms with Gasteiger partial charge in [-0.25, -0.2) is 0 Å². The molecule has 0 bridgehead atoms. The van der Waals surface area contributed by atoms with Gasteiger partial charge in [-0.05, 0) is 12.8 Å². The average Bonchev–Trinajstić information content (AvgIpc) is 2.47. The van der Waals surface area contributed by atoms with Crippen LogP contribution in [0.4, 0.5) is 0 Å². The molecule has 0 saturated heterocycles. The smallest absolute Gasteiger partial charge is 0.0431 e. The average molecular weight is 280 g/mol. The van der Waals surface area contributed by atoms with Gasteiger partial charge in [-0.2, -0.15) is 0 Å². The monoisotopic (exact) mass is 280 g/mol. The van der Waals surface area contributed by atoms with Crippen molar-refractivity contribution >= 4 is 0 Å². The van der Waals surface area contributed by atoms with E-state index in [4.69, 9.17) is 11.5 Å². The second-order valence-electron chi connectivity index (χ2n) is 5.98. The van der Waals surface area contributed by atoms with Gasteiger partial charge >= 0.3 is 0 Å². The van der Waals surface area contributed by atoms with Crippen LogP contribution in [0.3, 0.4) is 0 Å². The van der Waals surface area contributed by atoms with Crippen molar-refractivity contribution in [3.8, 4) is 12.3 Å². The van der Waals surface area contributed by atoms with E-state index in [0.717, 1.165) is 12.8 Å². The summed E-state index contributed by atoms with van der Waals surface area (Å²) in [4.78, 5) is 0. The number of aliphatic hydroxyl groups excluding tert-OH is 1. The molecule has 0 heterocycles.